The number of hydrogen-bond acceptors (Lipinski definition) is 4. The minimum atomic E-state index is -0.141. The SMILES string of the molecule is CC1CCCNC1C(=O)N(CCC#N)Cc1ccco1. The number of piperidine rings is 1. The van der Waals surface area contributed by atoms with E-state index in [0.29, 0.717) is 25.4 Å². The summed E-state index contributed by atoms with van der Waals surface area (Å²) in [5, 5.41) is 12.1. The van der Waals surface area contributed by atoms with Crippen LogP contribution in [0.4, 0.5) is 0 Å². The van der Waals surface area contributed by atoms with Gasteiger partial charge in [-0.2, -0.15) is 5.26 Å². The van der Waals surface area contributed by atoms with Crippen LogP contribution in [-0.4, -0.2) is 29.9 Å². The molecule has 20 heavy (non-hydrogen) atoms. The van der Waals surface area contributed by atoms with Crippen molar-refractivity contribution < 1.29 is 9.21 Å². The van der Waals surface area contributed by atoms with Gasteiger partial charge in [-0.1, -0.05) is 6.92 Å². The lowest BCUT2D eigenvalue weighted by Gasteiger charge is -2.33. The van der Waals surface area contributed by atoms with Crippen molar-refractivity contribution in [1.82, 2.24) is 10.2 Å². The number of carbonyl (C=O) groups is 1. The fourth-order valence-corrected chi connectivity index (χ4v) is 2.62. The lowest BCUT2D eigenvalue weighted by atomic mass is 9.91. The van der Waals surface area contributed by atoms with Crippen LogP contribution in [0.1, 0.15) is 31.9 Å². The molecule has 2 unspecified atom stereocenters. The lowest BCUT2D eigenvalue weighted by molar-refractivity contribution is -0.136. The molecule has 0 spiro atoms. The van der Waals surface area contributed by atoms with Gasteiger partial charge in [-0.05, 0) is 37.4 Å². The van der Waals surface area contributed by atoms with Gasteiger partial charge >= 0.3 is 0 Å². The van der Waals surface area contributed by atoms with E-state index >= 15 is 0 Å². The first-order valence-electron chi connectivity index (χ1n) is 7.14. The summed E-state index contributed by atoms with van der Waals surface area (Å²) in [6, 6.07) is 5.62. The first-order chi connectivity index (χ1) is 9.72. The second kappa shape index (κ2) is 7.11. The average Bonchev–Trinajstić information content (AvgIpc) is 2.96. The molecule has 1 amide bonds. The van der Waals surface area contributed by atoms with E-state index in [9.17, 15) is 4.79 Å². The van der Waals surface area contributed by atoms with Gasteiger partial charge in [-0.3, -0.25) is 4.79 Å². The lowest BCUT2D eigenvalue weighted by Crippen LogP contribution is -2.52. The summed E-state index contributed by atoms with van der Waals surface area (Å²) in [7, 11) is 0. The Bertz CT molecular complexity index is 464. The monoisotopic (exact) mass is 275 g/mol. The summed E-state index contributed by atoms with van der Waals surface area (Å²) < 4.78 is 5.31. The van der Waals surface area contributed by atoms with Gasteiger partial charge in [0.25, 0.3) is 0 Å². The molecule has 0 radical (unpaired) electrons. The molecule has 0 saturated carbocycles. The number of nitrogens with one attached hydrogen (secondary N) is 1. The number of rotatable bonds is 5. The second-order valence-corrected chi connectivity index (χ2v) is 5.30. The number of furan rings is 1. The van der Waals surface area contributed by atoms with E-state index < -0.39 is 0 Å². The quantitative estimate of drug-likeness (QED) is 0.891. The highest BCUT2D eigenvalue weighted by atomic mass is 16.3. The maximum absolute atomic E-state index is 12.7. The van der Waals surface area contributed by atoms with Gasteiger partial charge in [0, 0.05) is 6.54 Å². The topological polar surface area (TPSA) is 69.3 Å². The van der Waals surface area contributed by atoms with E-state index in [4.69, 9.17) is 9.68 Å². The fraction of sp³-hybridized carbons (Fsp3) is 0.600. The van der Waals surface area contributed by atoms with Gasteiger partial charge in [-0.15, -0.1) is 0 Å². The van der Waals surface area contributed by atoms with Crippen molar-refractivity contribution in [2.75, 3.05) is 13.1 Å². The molecule has 1 aromatic rings. The molecule has 5 nitrogen and oxygen atoms in total. The Balaban J connectivity index is 2.04. The highest BCUT2D eigenvalue weighted by Gasteiger charge is 2.31. The molecule has 0 bridgehead atoms. The van der Waals surface area contributed by atoms with Crippen LogP contribution in [0.25, 0.3) is 0 Å². The van der Waals surface area contributed by atoms with E-state index in [0.717, 1.165) is 25.1 Å². The summed E-state index contributed by atoms with van der Waals surface area (Å²) in [6.45, 7) is 3.86. The zero-order valence-corrected chi connectivity index (χ0v) is 11.8. The Morgan fingerprint density at radius 2 is 2.50 bits per heavy atom. The van der Waals surface area contributed by atoms with E-state index in [1.165, 1.54) is 0 Å². The first kappa shape index (κ1) is 14.6. The molecule has 0 aromatic carbocycles. The van der Waals surface area contributed by atoms with Crippen LogP contribution >= 0.6 is 0 Å². The van der Waals surface area contributed by atoms with Crippen molar-refractivity contribution >= 4 is 5.91 Å². The van der Waals surface area contributed by atoms with Crippen LogP contribution in [0.15, 0.2) is 22.8 Å². The maximum Gasteiger partial charge on any atom is 0.240 e. The predicted molar refractivity (Wildman–Crippen MR) is 74.5 cm³/mol. The molecule has 5 heteroatoms. The normalized spacial score (nSPS) is 22.2. The van der Waals surface area contributed by atoms with Crippen LogP contribution < -0.4 is 5.32 Å². The van der Waals surface area contributed by atoms with E-state index in [2.05, 4.69) is 18.3 Å². The number of amides is 1. The van der Waals surface area contributed by atoms with Gasteiger partial charge in [0.1, 0.15) is 5.76 Å². The zero-order valence-electron chi connectivity index (χ0n) is 11.8. The zero-order chi connectivity index (χ0) is 14.4. The van der Waals surface area contributed by atoms with Crippen LogP contribution in [0, 0.1) is 17.2 Å². The Morgan fingerprint density at radius 3 is 3.15 bits per heavy atom. The number of hydrogen-bond donors (Lipinski definition) is 1. The predicted octanol–water partition coefficient (Wildman–Crippen LogP) is 1.91. The summed E-state index contributed by atoms with van der Waals surface area (Å²) in [5.41, 5.74) is 0. The molecule has 2 rings (SSSR count). The molecule has 1 fully saturated rings. The van der Waals surface area contributed by atoms with Gasteiger partial charge < -0.3 is 14.6 Å². The van der Waals surface area contributed by atoms with E-state index in [1.807, 2.05) is 12.1 Å². The highest BCUT2D eigenvalue weighted by molar-refractivity contribution is 5.82. The third-order valence-electron chi connectivity index (χ3n) is 3.77. The van der Waals surface area contributed by atoms with Gasteiger partial charge in [0.15, 0.2) is 0 Å². The van der Waals surface area contributed by atoms with Crippen molar-refractivity contribution in [1.29, 1.82) is 5.26 Å². The highest BCUT2D eigenvalue weighted by Crippen LogP contribution is 2.19. The third kappa shape index (κ3) is 3.61. The molecule has 1 N–H and O–H groups in total. The summed E-state index contributed by atoms with van der Waals surface area (Å²) >= 11 is 0. The Morgan fingerprint density at radius 1 is 1.65 bits per heavy atom. The molecule has 0 aliphatic carbocycles. The van der Waals surface area contributed by atoms with Crippen molar-refractivity contribution in [2.24, 2.45) is 5.92 Å². The van der Waals surface area contributed by atoms with Crippen LogP contribution in [0.2, 0.25) is 0 Å². The van der Waals surface area contributed by atoms with Crippen LogP contribution in [0.3, 0.4) is 0 Å². The minimum absolute atomic E-state index is 0.0730. The Hall–Kier alpha value is -1.80. The molecule has 1 saturated heterocycles. The molecule has 2 heterocycles. The summed E-state index contributed by atoms with van der Waals surface area (Å²) in [4.78, 5) is 14.4. The smallest absolute Gasteiger partial charge is 0.240 e. The largest absolute Gasteiger partial charge is 0.467 e. The number of nitriles is 1. The maximum atomic E-state index is 12.7. The Kier molecular flexibility index (Phi) is 5.19. The van der Waals surface area contributed by atoms with Crippen molar-refractivity contribution in [2.45, 2.75) is 38.8 Å². The summed E-state index contributed by atoms with van der Waals surface area (Å²) in [6.07, 6.45) is 4.12. The van der Waals surface area contributed by atoms with E-state index in [-0.39, 0.29) is 11.9 Å². The number of carbonyl (C=O) groups excluding carboxylic acids is 1. The molecule has 1 aliphatic rings. The van der Waals surface area contributed by atoms with E-state index in [1.54, 1.807) is 11.2 Å². The minimum Gasteiger partial charge on any atom is -0.467 e. The third-order valence-corrected chi connectivity index (χ3v) is 3.77. The van der Waals surface area contributed by atoms with Crippen molar-refractivity contribution in [3.8, 4) is 6.07 Å². The van der Waals surface area contributed by atoms with Gasteiger partial charge in [0.2, 0.25) is 5.91 Å². The first-order valence-corrected chi connectivity index (χ1v) is 7.14. The fourth-order valence-electron chi connectivity index (χ4n) is 2.62. The van der Waals surface area contributed by atoms with Crippen molar-refractivity contribution in [3.63, 3.8) is 0 Å². The molecule has 108 valence electrons. The molecule has 2 atom stereocenters. The van der Waals surface area contributed by atoms with Gasteiger partial charge in [0.05, 0.1) is 31.3 Å². The Labute approximate surface area is 119 Å². The average molecular weight is 275 g/mol. The standard InChI is InChI=1S/C15H21N3O2/c1-12-5-2-8-17-14(12)15(19)18(9-4-7-16)11-13-6-3-10-20-13/h3,6,10,12,14,17H,2,4-5,8-9,11H2,1H3. The van der Waals surface area contributed by atoms with Crippen molar-refractivity contribution in [3.05, 3.63) is 24.2 Å². The van der Waals surface area contributed by atoms with Crippen LogP contribution in [-0.2, 0) is 11.3 Å². The van der Waals surface area contributed by atoms with Gasteiger partial charge in [-0.25, -0.2) is 0 Å². The molecular weight excluding hydrogens is 254 g/mol. The molecule has 1 aliphatic heterocycles. The van der Waals surface area contributed by atoms with Crippen LogP contribution in [0.5, 0.6) is 0 Å². The molecular formula is C15H21N3O2. The summed E-state index contributed by atoms with van der Waals surface area (Å²) in [5.74, 6) is 1.15. The molecule has 1 aromatic heterocycles. The second-order valence-electron chi connectivity index (χ2n) is 5.30. The number of nitrogens with zero attached hydrogens (tertiary/aromatic N) is 2.